The average Bonchev–Trinajstić information content (AvgIpc) is 2.80. The number of aromatic nitrogens is 1. The second-order valence-electron chi connectivity index (χ2n) is 7.06. The maximum atomic E-state index is 12.7. The van der Waals surface area contributed by atoms with Crippen molar-refractivity contribution >= 4 is 11.7 Å². The van der Waals surface area contributed by atoms with Gasteiger partial charge in [-0.25, -0.2) is 9.78 Å². The zero-order valence-electron chi connectivity index (χ0n) is 18.5. The minimum absolute atomic E-state index is 0.0294. The summed E-state index contributed by atoms with van der Waals surface area (Å²) in [5.41, 5.74) is 0.425. The third kappa shape index (κ3) is 7.26. The molecule has 0 aliphatic heterocycles. The largest absolute Gasteiger partial charge is 0.485 e. The molecule has 0 fully saturated rings. The lowest BCUT2D eigenvalue weighted by Crippen LogP contribution is -2.22. The van der Waals surface area contributed by atoms with Crippen molar-refractivity contribution in [1.29, 1.82) is 0 Å². The summed E-state index contributed by atoms with van der Waals surface area (Å²) in [7, 11) is 0. The van der Waals surface area contributed by atoms with Gasteiger partial charge in [0.15, 0.2) is 0 Å². The Kier molecular flexibility index (Phi) is 8.13. The van der Waals surface area contributed by atoms with Crippen LogP contribution in [-0.2, 0) is 15.7 Å². The van der Waals surface area contributed by atoms with Gasteiger partial charge in [-0.05, 0) is 56.3 Å². The fourth-order valence-electron chi connectivity index (χ4n) is 2.84. The van der Waals surface area contributed by atoms with Crippen LogP contribution < -0.4 is 14.8 Å². The molecule has 1 heterocycles. The summed E-state index contributed by atoms with van der Waals surface area (Å²) in [5.74, 6) is 0.396. The summed E-state index contributed by atoms with van der Waals surface area (Å²) in [5, 5.41) is 3.17. The molecule has 34 heavy (non-hydrogen) atoms. The zero-order valence-corrected chi connectivity index (χ0v) is 18.5. The number of nitrogens with zero attached hydrogens (tertiary/aromatic N) is 1. The van der Waals surface area contributed by atoms with Gasteiger partial charge in [0.05, 0.1) is 17.9 Å². The molecule has 178 valence electrons. The normalized spacial score (nSPS) is 12.6. The number of rotatable bonds is 9. The number of benzene rings is 2. The highest BCUT2D eigenvalue weighted by Crippen LogP contribution is 2.30. The van der Waals surface area contributed by atoms with Crippen molar-refractivity contribution in [3.05, 3.63) is 90.3 Å². The summed E-state index contributed by atoms with van der Waals surface area (Å²) in [4.78, 5) is 15.7. The minimum Gasteiger partial charge on any atom is -0.485 e. The van der Waals surface area contributed by atoms with Crippen LogP contribution in [0, 0.1) is 0 Å². The van der Waals surface area contributed by atoms with Crippen molar-refractivity contribution in [3.8, 4) is 17.4 Å². The van der Waals surface area contributed by atoms with E-state index in [1.165, 1.54) is 6.08 Å². The van der Waals surface area contributed by atoms with Gasteiger partial charge in [-0.1, -0.05) is 18.2 Å². The number of alkyl halides is 3. The second-order valence-corrected chi connectivity index (χ2v) is 7.06. The second kappa shape index (κ2) is 11.2. The maximum Gasteiger partial charge on any atom is 0.417 e. The molecule has 0 saturated carbocycles. The Morgan fingerprint density at radius 3 is 2.29 bits per heavy atom. The number of halogens is 3. The number of carbonyl (C=O) groups is 1. The molecule has 2 aromatic carbocycles. The lowest BCUT2D eigenvalue weighted by molar-refractivity contribution is -0.138. The first kappa shape index (κ1) is 24.6. The number of esters is 1. The van der Waals surface area contributed by atoms with E-state index in [-0.39, 0.29) is 12.5 Å². The Balaban J connectivity index is 1.67. The highest BCUT2D eigenvalue weighted by molar-refractivity contribution is 5.83. The average molecular weight is 472 g/mol. The SMILES string of the molecule is CCOC(=O)/C=C(\Nc1ccccc1)C(C)Oc1ccc(Oc2ccc(C(F)(F)F)cn2)cc1. The number of hydrogen-bond acceptors (Lipinski definition) is 6. The summed E-state index contributed by atoms with van der Waals surface area (Å²) >= 11 is 0. The van der Waals surface area contributed by atoms with Crippen LogP contribution in [-0.4, -0.2) is 23.7 Å². The molecule has 0 aliphatic rings. The molecule has 9 heteroatoms. The van der Waals surface area contributed by atoms with Crippen molar-refractivity contribution in [3.63, 3.8) is 0 Å². The van der Waals surface area contributed by atoms with Gasteiger partial charge in [0.2, 0.25) is 5.88 Å². The number of hydrogen-bond donors (Lipinski definition) is 1. The molecule has 1 N–H and O–H groups in total. The Morgan fingerprint density at radius 1 is 1.03 bits per heavy atom. The molecule has 1 atom stereocenters. The molecule has 0 saturated heterocycles. The Bertz CT molecular complexity index is 1100. The number of carbonyl (C=O) groups excluding carboxylic acids is 1. The van der Waals surface area contributed by atoms with Gasteiger partial charge in [-0.2, -0.15) is 13.2 Å². The minimum atomic E-state index is -4.46. The predicted molar refractivity (Wildman–Crippen MR) is 121 cm³/mol. The molecule has 0 aliphatic carbocycles. The van der Waals surface area contributed by atoms with Gasteiger partial charge in [-0.3, -0.25) is 0 Å². The molecular weight excluding hydrogens is 449 g/mol. The smallest absolute Gasteiger partial charge is 0.417 e. The van der Waals surface area contributed by atoms with Crippen LogP contribution in [0.25, 0.3) is 0 Å². The molecule has 3 rings (SSSR count). The molecule has 1 aromatic heterocycles. The van der Waals surface area contributed by atoms with E-state index in [0.717, 1.165) is 17.8 Å². The van der Waals surface area contributed by atoms with Crippen LogP contribution in [0.2, 0.25) is 0 Å². The van der Waals surface area contributed by atoms with Crippen LogP contribution >= 0.6 is 0 Å². The Hall–Kier alpha value is -4.01. The van der Waals surface area contributed by atoms with Gasteiger partial charge in [0.25, 0.3) is 0 Å². The first-order chi connectivity index (χ1) is 16.2. The van der Waals surface area contributed by atoms with Crippen molar-refractivity contribution in [1.82, 2.24) is 4.98 Å². The molecule has 0 bridgehead atoms. The Labute approximate surface area is 195 Å². The van der Waals surface area contributed by atoms with Crippen LogP contribution in [0.3, 0.4) is 0 Å². The number of para-hydroxylation sites is 1. The summed E-state index contributed by atoms with van der Waals surface area (Å²) in [6.45, 7) is 3.75. The van der Waals surface area contributed by atoms with Gasteiger partial charge in [0.1, 0.15) is 17.6 Å². The van der Waals surface area contributed by atoms with Crippen LogP contribution in [0.4, 0.5) is 18.9 Å². The molecule has 0 amide bonds. The van der Waals surface area contributed by atoms with Gasteiger partial charge in [-0.15, -0.1) is 0 Å². The van der Waals surface area contributed by atoms with Crippen molar-refractivity contribution in [2.45, 2.75) is 26.1 Å². The first-order valence-corrected chi connectivity index (χ1v) is 10.4. The predicted octanol–water partition coefficient (Wildman–Crippen LogP) is 6.22. The lowest BCUT2D eigenvalue weighted by atomic mass is 10.2. The summed E-state index contributed by atoms with van der Waals surface area (Å²) < 4.78 is 54.4. The number of ether oxygens (including phenoxy) is 3. The Morgan fingerprint density at radius 2 is 1.71 bits per heavy atom. The fourth-order valence-corrected chi connectivity index (χ4v) is 2.84. The van der Waals surface area contributed by atoms with E-state index in [2.05, 4.69) is 10.3 Å². The van der Waals surface area contributed by atoms with E-state index in [1.807, 2.05) is 30.3 Å². The van der Waals surface area contributed by atoms with Crippen LogP contribution in [0.1, 0.15) is 19.4 Å². The van der Waals surface area contributed by atoms with Gasteiger partial charge < -0.3 is 19.5 Å². The van der Waals surface area contributed by atoms with Crippen molar-refractivity contribution in [2.24, 2.45) is 0 Å². The summed E-state index contributed by atoms with van der Waals surface area (Å²) in [6, 6.07) is 17.8. The van der Waals surface area contributed by atoms with E-state index in [1.54, 1.807) is 38.1 Å². The fraction of sp³-hybridized carbons (Fsp3) is 0.200. The van der Waals surface area contributed by atoms with E-state index >= 15 is 0 Å². The topological polar surface area (TPSA) is 69.7 Å². The van der Waals surface area contributed by atoms with Crippen molar-refractivity contribution < 1.29 is 32.2 Å². The number of anilines is 1. The standard InChI is InChI=1S/C25H23F3N2O4/c1-3-32-24(31)15-22(30-19-7-5-4-6-8-19)17(2)33-20-10-12-21(13-11-20)34-23-14-9-18(16-29-23)25(26,27)28/h4-17,30H,3H2,1-2H3/b22-15-. The molecular formula is C25H23F3N2O4. The molecule has 1 unspecified atom stereocenters. The maximum absolute atomic E-state index is 12.7. The van der Waals surface area contributed by atoms with Gasteiger partial charge in [0, 0.05) is 24.0 Å². The van der Waals surface area contributed by atoms with Crippen molar-refractivity contribution in [2.75, 3.05) is 11.9 Å². The first-order valence-electron chi connectivity index (χ1n) is 10.4. The van der Waals surface area contributed by atoms with Crippen LogP contribution in [0.15, 0.2) is 84.7 Å². The monoisotopic (exact) mass is 472 g/mol. The van der Waals surface area contributed by atoms with Gasteiger partial charge >= 0.3 is 12.1 Å². The number of pyridine rings is 1. The quantitative estimate of drug-likeness (QED) is 0.295. The van der Waals surface area contributed by atoms with E-state index in [9.17, 15) is 18.0 Å². The van der Waals surface area contributed by atoms with Crippen LogP contribution in [0.5, 0.6) is 17.4 Å². The lowest BCUT2D eigenvalue weighted by Gasteiger charge is -2.20. The highest BCUT2D eigenvalue weighted by Gasteiger charge is 2.30. The molecule has 0 spiro atoms. The van der Waals surface area contributed by atoms with E-state index < -0.39 is 23.8 Å². The number of nitrogens with one attached hydrogen (secondary N) is 1. The third-order valence-electron chi connectivity index (χ3n) is 4.48. The molecule has 3 aromatic rings. The summed E-state index contributed by atoms with van der Waals surface area (Å²) in [6.07, 6.45) is -2.94. The highest BCUT2D eigenvalue weighted by atomic mass is 19.4. The molecule has 0 radical (unpaired) electrons. The van der Waals surface area contributed by atoms with E-state index in [0.29, 0.717) is 23.4 Å². The zero-order chi connectivity index (χ0) is 24.6. The third-order valence-corrected chi connectivity index (χ3v) is 4.48. The van der Waals surface area contributed by atoms with E-state index in [4.69, 9.17) is 14.2 Å². The molecule has 6 nitrogen and oxygen atoms in total.